The molecule has 0 bridgehead atoms. The van der Waals surface area contributed by atoms with Gasteiger partial charge in [0.2, 0.25) is 5.91 Å². The van der Waals surface area contributed by atoms with Crippen LogP contribution in [0.25, 0.3) is 0 Å². The number of halogens is 1. The fraction of sp³-hybridized carbons (Fsp3) is 0.312. The summed E-state index contributed by atoms with van der Waals surface area (Å²) < 4.78 is 12.9. The molecule has 1 aromatic rings. The Hall–Kier alpha value is -2.51. The van der Waals surface area contributed by atoms with Crippen molar-refractivity contribution in [2.45, 2.75) is 13.8 Å². The van der Waals surface area contributed by atoms with Crippen molar-refractivity contribution in [3.05, 3.63) is 40.7 Å². The molecule has 0 fully saturated rings. The minimum atomic E-state index is -0.383. The highest BCUT2D eigenvalue weighted by molar-refractivity contribution is 8.03. The van der Waals surface area contributed by atoms with Crippen LogP contribution in [0.4, 0.5) is 10.1 Å². The first-order valence-electron chi connectivity index (χ1n) is 7.03. The Labute approximate surface area is 139 Å². The van der Waals surface area contributed by atoms with Gasteiger partial charge in [0.15, 0.2) is 5.57 Å². The average molecular weight is 332 g/mol. The monoisotopic (exact) mass is 332 g/mol. The molecule has 0 radical (unpaired) electrons. The van der Waals surface area contributed by atoms with E-state index >= 15 is 0 Å². The lowest BCUT2D eigenvalue weighted by Crippen LogP contribution is -2.32. The maximum atomic E-state index is 12.9. The predicted molar refractivity (Wildman–Crippen MR) is 88.7 cm³/mol. The quantitative estimate of drug-likeness (QED) is 0.776. The molecule has 1 amide bonds. The smallest absolute Gasteiger partial charge is 0.232 e. The third-order valence-corrected chi connectivity index (χ3v) is 4.00. The largest absolute Gasteiger partial charge is 0.349 e. The molecule has 0 aliphatic rings. The number of carbonyl (C=O) groups excluding carboxylic acids is 1. The Morgan fingerprint density at radius 3 is 2.26 bits per heavy atom. The molecule has 0 saturated heterocycles. The minimum absolute atomic E-state index is 0.0753. The van der Waals surface area contributed by atoms with Crippen LogP contribution in [0.15, 0.2) is 34.9 Å². The SMILES string of the molecule is CCN(CC)C(=O)CSC(Nc1ccc(F)cc1)=C(C#N)C#N. The standard InChI is InChI=1S/C16H17FN4OS/c1-3-21(4-2)15(22)11-23-16(12(9-18)10-19)20-14-7-5-13(17)6-8-14/h5-8,20H,3-4,11H2,1-2H3. The fourth-order valence-electron chi connectivity index (χ4n) is 1.76. The van der Waals surface area contributed by atoms with Gasteiger partial charge in [-0.3, -0.25) is 4.79 Å². The molecule has 7 heteroatoms. The molecule has 0 aromatic heterocycles. The van der Waals surface area contributed by atoms with Gasteiger partial charge in [-0.1, -0.05) is 11.8 Å². The molecule has 120 valence electrons. The third-order valence-electron chi connectivity index (χ3n) is 3.01. The van der Waals surface area contributed by atoms with Crippen LogP contribution in [0.2, 0.25) is 0 Å². The zero-order valence-electron chi connectivity index (χ0n) is 13.0. The van der Waals surface area contributed by atoms with Crippen molar-refractivity contribution in [2.75, 3.05) is 24.2 Å². The first-order chi connectivity index (χ1) is 11.0. The molecule has 0 aliphatic carbocycles. The number of thioether (sulfide) groups is 1. The van der Waals surface area contributed by atoms with Crippen LogP contribution in [-0.2, 0) is 4.79 Å². The summed E-state index contributed by atoms with van der Waals surface area (Å²) in [4.78, 5) is 13.7. The van der Waals surface area contributed by atoms with Crippen molar-refractivity contribution in [3.63, 3.8) is 0 Å². The molecular weight excluding hydrogens is 315 g/mol. The van der Waals surface area contributed by atoms with Gasteiger partial charge in [0.05, 0.1) is 5.75 Å². The molecule has 1 rings (SSSR count). The van der Waals surface area contributed by atoms with Crippen molar-refractivity contribution in [1.82, 2.24) is 4.90 Å². The van der Waals surface area contributed by atoms with Crippen LogP contribution in [0.1, 0.15) is 13.8 Å². The van der Waals surface area contributed by atoms with E-state index in [1.807, 2.05) is 13.8 Å². The summed E-state index contributed by atoms with van der Waals surface area (Å²) in [5, 5.41) is 21.3. The molecule has 23 heavy (non-hydrogen) atoms. The first kappa shape index (κ1) is 18.5. The van der Waals surface area contributed by atoms with Crippen LogP contribution >= 0.6 is 11.8 Å². The average Bonchev–Trinajstić information content (AvgIpc) is 2.56. The van der Waals surface area contributed by atoms with Crippen LogP contribution in [0.5, 0.6) is 0 Å². The van der Waals surface area contributed by atoms with Crippen LogP contribution in [-0.4, -0.2) is 29.6 Å². The summed E-state index contributed by atoms with van der Waals surface area (Å²) in [5.74, 6) is -0.349. The molecule has 0 unspecified atom stereocenters. The number of nitriles is 2. The number of carbonyl (C=O) groups is 1. The first-order valence-corrected chi connectivity index (χ1v) is 8.01. The van der Waals surface area contributed by atoms with Gasteiger partial charge in [-0.2, -0.15) is 10.5 Å². The summed E-state index contributed by atoms with van der Waals surface area (Å²) in [7, 11) is 0. The van der Waals surface area contributed by atoms with Gasteiger partial charge in [0.25, 0.3) is 0 Å². The number of allylic oxidation sites excluding steroid dienone is 1. The highest BCUT2D eigenvalue weighted by Gasteiger charge is 2.14. The normalized spacial score (nSPS) is 9.43. The van der Waals surface area contributed by atoms with E-state index in [-0.39, 0.29) is 28.1 Å². The Kier molecular flexibility index (Phi) is 7.65. The Bertz CT molecular complexity index is 638. The molecule has 0 saturated carbocycles. The van der Waals surface area contributed by atoms with E-state index in [9.17, 15) is 9.18 Å². The second-order valence-electron chi connectivity index (χ2n) is 4.41. The molecular formula is C16H17FN4OS. The highest BCUT2D eigenvalue weighted by atomic mass is 32.2. The van der Waals surface area contributed by atoms with E-state index in [0.29, 0.717) is 18.8 Å². The van der Waals surface area contributed by atoms with E-state index in [1.54, 1.807) is 17.0 Å². The molecule has 1 N–H and O–H groups in total. The van der Waals surface area contributed by atoms with Crippen molar-refractivity contribution >= 4 is 23.4 Å². The van der Waals surface area contributed by atoms with Gasteiger partial charge in [-0.15, -0.1) is 0 Å². The van der Waals surface area contributed by atoms with Gasteiger partial charge >= 0.3 is 0 Å². The fourth-order valence-corrected chi connectivity index (χ4v) is 2.64. The van der Waals surface area contributed by atoms with E-state index in [0.717, 1.165) is 11.8 Å². The summed E-state index contributed by atoms with van der Waals surface area (Å²) in [5.41, 5.74) is 0.416. The van der Waals surface area contributed by atoms with E-state index in [2.05, 4.69) is 5.32 Å². The molecule has 0 aliphatic heterocycles. The number of hydrogen-bond donors (Lipinski definition) is 1. The zero-order valence-corrected chi connectivity index (χ0v) is 13.8. The van der Waals surface area contributed by atoms with Crippen molar-refractivity contribution in [1.29, 1.82) is 10.5 Å². The second-order valence-corrected chi connectivity index (χ2v) is 5.40. The Morgan fingerprint density at radius 1 is 1.22 bits per heavy atom. The zero-order chi connectivity index (χ0) is 17.2. The van der Waals surface area contributed by atoms with Gasteiger partial charge in [0, 0.05) is 18.8 Å². The lowest BCUT2D eigenvalue weighted by Gasteiger charge is -2.19. The topological polar surface area (TPSA) is 79.9 Å². The van der Waals surface area contributed by atoms with Gasteiger partial charge in [-0.25, -0.2) is 4.39 Å². The third kappa shape index (κ3) is 5.65. The predicted octanol–water partition coefficient (Wildman–Crippen LogP) is 3.10. The second kappa shape index (κ2) is 9.50. The van der Waals surface area contributed by atoms with Gasteiger partial charge in [-0.05, 0) is 38.1 Å². The number of amides is 1. The Morgan fingerprint density at radius 2 is 1.78 bits per heavy atom. The Balaban J connectivity index is 2.89. The summed E-state index contributed by atoms with van der Waals surface area (Å²) in [6.45, 7) is 4.97. The lowest BCUT2D eigenvalue weighted by molar-refractivity contribution is -0.127. The summed E-state index contributed by atoms with van der Waals surface area (Å²) in [6, 6.07) is 9.13. The molecule has 0 atom stereocenters. The maximum absolute atomic E-state index is 12.9. The van der Waals surface area contributed by atoms with Gasteiger partial charge in [0.1, 0.15) is 23.0 Å². The number of nitrogens with zero attached hydrogens (tertiary/aromatic N) is 3. The number of hydrogen-bond acceptors (Lipinski definition) is 5. The summed E-state index contributed by atoms with van der Waals surface area (Å²) in [6.07, 6.45) is 0. The van der Waals surface area contributed by atoms with E-state index < -0.39 is 0 Å². The van der Waals surface area contributed by atoms with E-state index in [4.69, 9.17) is 10.5 Å². The number of benzene rings is 1. The minimum Gasteiger partial charge on any atom is -0.349 e. The van der Waals surface area contributed by atoms with Crippen LogP contribution < -0.4 is 5.32 Å². The number of rotatable bonds is 7. The lowest BCUT2D eigenvalue weighted by atomic mass is 10.3. The van der Waals surface area contributed by atoms with Crippen molar-refractivity contribution < 1.29 is 9.18 Å². The van der Waals surface area contributed by atoms with E-state index in [1.165, 1.54) is 24.3 Å². The molecule has 0 spiro atoms. The van der Waals surface area contributed by atoms with Crippen molar-refractivity contribution in [3.8, 4) is 12.1 Å². The maximum Gasteiger partial charge on any atom is 0.232 e. The van der Waals surface area contributed by atoms with Crippen LogP contribution in [0, 0.1) is 28.5 Å². The number of nitrogens with one attached hydrogen (secondary N) is 1. The number of anilines is 1. The molecule has 1 aromatic carbocycles. The molecule has 5 nitrogen and oxygen atoms in total. The van der Waals surface area contributed by atoms with Gasteiger partial charge < -0.3 is 10.2 Å². The van der Waals surface area contributed by atoms with Crippen LogP contribution in [0.3, 0.4) is 0 Å². The molecule has 0 heterocycles. The summed E-state index contributed by atoms with van der Waals surface area (Å²) >= 11 is 1.08. The highest BCUT2D eigenvalue weighted by Crippen LogP contribution is 2.23. The van der Waals surface area contributed by atoms with Crippen molar-refractivity contribution in [2.24, 2.45) is 0 Å².